The lowest BCUT2D eigenvalue weighted by Crippen LogP contribution is -2.35. The Bertz CT molecular complexity index is 687. The fourth-order valence-corrected chi connectivity index (χ4v) is 3.61. The average Bonchev–Trinajstić information content (AvgIpc) is 3.37. The molecule has 0 spiro atoms. The molecule has 2 aliphatic rings. The first-order valence-corrected chi connectivity index (χ1v) is 8.85. The minimum Gasteiger partial charge on any atom is -0.493 e. The monoisotopic (exact) mass is 374 g/mol. The Hall–Kier alpha value is -1.79. The molecule has 0 heterocycles. The van der Waals surface area contributed by atoms with Crippen LogP contribution in [0.1, 0.15) is 67.3 Å². The SMILES string of the molecule is CC1(COc2cc(F)c(C(=O)O)cc2C2CC2)CCC(C(F)(F)F)CC1. The van der Waals surface area contributed by atoms with Crippen LogP contribution in [0.4, 0.5) is 17.6 Å². The highest BCUT2D eigenvalue weighted by Crippen LogP contribution is 2.47. The summed E-state index contributed by atoms with van der Waals surface area (Å²) in [6.45, 7) is 2.08. The minimum atomic E-state index is -4.16. The van der Waals surface area contributed by atoms with Gasteiger partial charge >= 0.3 is 12.1 Å². The quantitative estimate of drug-likeness (QED) is 0.689. The maximum Gasteiger partial charge on any atom is 0.391 e. The lowest BCUT2D eigenvalue weighted by atomic mass is 9.72. The summed E-state index contributed by atoms with van der Waals surface area (Å²) in [5.74, 6) is -2.97. The molecular weight excluding hydrogens is 352 g/mol. The number of rotatable bonds is 5. The summed E-state index contributed by atoms with van der Waals surface area (Å²) in [6.07, 6.45) is -1.43. The van der Waals surface area contributed by atoms with Gasteiger partial charge in [0, 0.05) is 11.5 Å². The molecule has 0 bridgehead atoms. The summed E-state index contributed by atoms with van der Waals surface area (Å²) in [4.78, 5) is 11.1. The third-order valence-electron chi connectivity index (χ3n) is 5.58. The molecule has 26 heavy (non-hydrogen) atoms. The summed E-state index contributed by atoms with van der Waals surface area (Å²) in [5.41, 5.74) is -0.0997. The third kappa shape index (κ3) is 4.13. The molecule has 3 rings (SSSR count). The molecule has 0 atom stereocenters. The van der Waals surface area contributed by atoms with Crippen LogP contribution in [0.25, 0.3) is 0 Å². The van der Waals surface area contributed by atoms with Crippen LogP contribution in [0, 0.1) is 17.2 Å². The molecule has 1 N–H and O–H groups in total. The van der Waals surface area contributed by atoms with E-state index < -0.39 is 29.3 Å². The van der Waals surface area contributed by atoms with Gasteiger partial charge in [-0.15, -0.1) is 0 Å². The molecular formula is C19H22F4O3. The van der Waals surface area contributed by atoms with Crippen molar-refractivity contribution in [1.82, 2.24) is 0 Å². The van der Waals surface area contributed by atoms with Gasteiger partial charge in [0.2, 0.25) is 0 Å². The first-order valence-electron chi connectivity index (χ1n) is 8.85. The number of carboxylic acid groups (broad SMARTS) is 1. The Kier molecular flexibility index (Phi) is 4.92. The van der Waals surface area contributed by atoms with Gasteiger partial charge in [0.25, 0.3) is 0 Å². The van der Waals surface area contributed by atoms with Crippen LogP contribution in [-0.2, 0) is 0 Å². The number of aromatic carboxylic acids is 1. The second-order valence-corrected chi connectivity index (χ2v) is 7.86. The van der Waals surface area contributed by atoms with Gasteiger partial charge in [0.05, 0.1) is 18.1 Å². The van der Waals surface area contributed by atoms with Crippen molar-refractivity contribution in [3.63, 3.8) is 0 Å². The molecule has 144 valence electrons. The molecule has 0 saturated heterocycles. The summed E-state index contributed by atoms with van der Waals surface area (Å²) in [7, 11) is 0. The number of carbonyl (C=O) groups is 1. The Morgan fingerprint density at radius 1 is 1.23 bits per heavy atom. The first kappa shape index (κ1) is 19.0. The first-order chi connectivity index (χ1) is 12.1. The number of halogens is 4. The number of benzene rings is 1. The summed E-state index contributed by atoms with van der Waals surface area (Å²) < 4.78 is 58.3. The maximum atomic E-state index is 14.0. The molecule has 1 aromatic carbocycles. The molecule has 0 aliphatic heterocycles. The van der Waals surface area contributed by atoms with Crippen LogP contribution in [0.3, 0.4) is 0 Å². The van der Waals surface area contributed by atoms with Gasteiger partial charge in [0.15, 0.2) is 0 Å². The highest BCUT2D eigenvalue weighted by atomic mass is 19.4. The highest BCUT2D eigenvalue weighted by molar-refractivity contribution is 5.88. The van der Waals surface area contributed by atoms with Gasteiger partial charge in [-0.25, -0.2) is 9.18 Å². The average molecular weight is 374 g/mol. The molecule has 2 saturated carbocycles. The van der Waals surface area contributed by atoms with Crippen LogP contribution in [0.5, 0.6) is 5.75 Å². The Morgan fingerprint density at radius 2 is 1.85 bits per heavy atom. The van der Waals surface area contributed by atoms with Gasteiger partial charge < -0.3 is 9.84 Å². The van der Waals surface area contributed by atoms with Crippen molar-refractivity contribution in [1.29, 1.82) is 0 Å². The predicted molar refractivity (Wildman–Crippen MR) is 86.9 cm³/mol. The van der Waals surface area contributed by atoms with Crippen LogP contribution in [0.15, 0.2) is 12.1 Å². The van der Waals surface area contributed by atoms with Crippen LogP contribution < -0.4 is 4.74 Å². The normalized spacial score (nSPS) is 26.6. The van der Waals surface area contributed by atoms with Crippen LogP contribution >= 0.6 is 0 Å². The van der Waals surface area contributed by atoms with E-state index in [9.17, 15) is 22.4 Å². The van der Waals surface area contributed by atoms with E-state index in [1.54, 1.807) is 0 Å². The third-order valence-corrected chi connectivity index (χ3v) is 5.58. The molecule has 3 nitrogen and oxygen atoms in total. The molecule has 0 amide bonds. The highest BCUT2D eigenvalue weighted by Gasteiger charge is 2.44. The topological polar surface area (TPSA) is 46.5 Å². The summed E-state index contributed by atoms with van der Waals surface area (Å²) >= 11 is 0. The number of hydrogen-bond donors (Lipinski definition) is 1. The van der Waals surface area contributed by atoms with Gasteiger partial charge in [-0.2, -0.15) is 13.2 Å². The van der Waals surface area contributed by atoms with Gasteiger partial charge in [-0.1, -0.05) is 6.92 Å². The molecule has 0 unspecified atom stereocenters. The fourth-order valence-electron chi connectivity index (χ4n) is 3.61. The largest absolute Gasteiger partial charge is 0.493 e. The van der Waals surface area contributed by atoms with Crippen molar-refractivity contribution in [3.05, 3.63) is 29.1 Å². The zero-order valence-electron chi connectivity index (χ0n) is 14.5. The minimum absolute atomic E-state index is 0.0746. The molecule has 1 aromatic rings. The van der Waals surface area contributed by atoms with E-state index in [1.807, 2.05) is 6.92 Å². The number of ether oxygens (including phenoxy) is 1. The lowest BCUT2D eigenvalue weighted by molar-refractivity contribution is -0.187. The Labute approximate surface area is 149 Å². The Morgan fingerprint density at radius 3 is 2.35 bits per heavy atom. The second kappa shape index (κ2) is 6.74. The predicted octanol–water partition coefficient (Wildman–Crippen LogP) is 5.54. The smallest absolute Gasteiger partial charge is 0.391 e. The lowest BCUT2D eigenvalue weighted by Gasteiger charge is -2.37. The van der Waals surface area contributed by atoms with Crippen molar-refractivity contribution in [2.45, 2.75) is 57.5 Å². The molecule has 2 aliphatic carbocycles. The molecule has 2 fully saturated rings. The summed E-state index contributed by atoms with van der Waals surface area (Å²) in [6, 6.07) is 2.43. The van der Waals surface area contributed by atoms with E-state index in [2.05, 4.69) is 0 Å². The maximum absolute atomic E-state index is 14.0. The van der Waals surface area contributed by atoms with Crippen molar-refractivity contribution in [2.24, 2.45) is 11.3 Å². The van der Waals surface area contributed by atoms with E-state index in [0.29, 0.717) is 24.2 Å². The molecule has 0 radical (unpaired) electrons. The van der Waals surface area contributed by atoms with Crippen LogP contribution in [0.2, 0.25) is 0 Å². The zero-order valence-corrected chi connectivity index (χ0v) is 14.5. The number of hydrogen-bond acceptors (Lipinski definition) is 2. The van der Waals surface area contributed by atoms with Gasteiger partial charge in [-0.3, -0.25) is 0 Å². The van der Waals surface area contributed by atoms with E-state index in [0.717, 1.165) is 18.9 Å². The van der Waals surface area contributed by atoms with E-state index in [-0.39, 0.29) is 30.9 Å². The van der Waals surface area contributed by atoms with Gasteiger partial charge in [0.1, 0.15) is 11.6 Å². The van der Waals surface area contributed by atoms with E-state index in [1.165, 1.54) is 6.07 Å². The standard InChI is InChI=1S/C19H22F4O3/c1-18(6-4-12(5-7-18)19(21,22)23)10-26-16-9-15(20)14(17(24)25)8-13(16)11-2-3-11/h8-9,11-12H,2-7,10H2,1H3,(H,24,25). The fraction of sp³-hybridized carbons (Fsp3) is 0.632. The zero-order chi connectivity index (χ0) is 19.1. The van der Waals surface area contributed by atoms with Crippen molar-refractivity contribution < 1.29 is 32.2 Å². The van der Waals surface area contributed by atoms with Crippen LogP contribution in [-0.4, -0.2) is 23.9 Å². The number of carboxylic acids is 1. The van der Waals surface area contributed by atoms with Gasteiger partial charge in [-0.05, 0) is 56.1 Å². The summed E-state index contributed by atoms with van der Waals surface area (Å²) in [5, 5.41) is 9.08. The van der Waals surface area contributed by atoms with E-state index in [4.69, 9.17) is 9.84 Å². The second-order valence-electron chi connectivity index (χ2n) is 7.86. The molecule has 7 heteroatoms. The van der Waals surface area contributed by atoms with Crippen molar-refractivity contribution >= 4 is 5.97 Å². The van der Waals surface area contributed by atoms with Crippen molar-refractivity contribution in [2.75, 3.05) is 6.61 Å². The Balaban J connectivity index is 1.70. The number of alkyl halides is 3. The van der Waals surface area contributed by atoms with E-state index >= 15 is 0 Å². The van der Waals surface area contributed by atoms with Crippen molar-refractivity contribution in [3.8, 4) is 5.75 Å². The molecule has 0 aromatic heterocycles.